The van der Waals surface area contributed by atoms with E-state index in [0.717, 1.165) is 0 Å². The topological polar surface area (TPSA) is 3.24 Å². The van der Waals surface area contributed by atoms with Gasteiger partial charge < -0.3 is 4.90 Å². The van der Waals surface area contributed by atoms with E-state index in [0.29, 0.717) is 0 Å². The van der Waals surface area contributed by atoms with Gasteiger partial charge in [-0.1, -0.05) is 38.7 Å². The lowest BCUT2D eigenvalue weighted by Gasteiger charge is -2.02. The predicted octanol–water partition coefficient (Wildman–Crippen LogP) is 3.42. The van der Waals surface area contributed by atoms with E-state index in [1.54, 1.807) is 0 Å². The molecule has 12 heavy (non-hydrogen) atoms. The fraction of sp³-hybridized carbons (Fsp3) is 0.818. The van der Waals surface area contributed by atoms with Gasteiger partial charge in [-0.25, -0.2) is 0 Å². The van der Waals surface area contributed by atoms with Crippen molar-refractivity contribution in [2.45, 2.75) is 45.4 Å². The van der Waals surface area contributed by atoms with Crippen LogP contribution in [0.5, 0.6) is 0 Å². The molecule has 0 rings (SSSR count). The molecule has 0 bridgehead atoms. The van der Waals surface area contributed by atoms with Crippen LogP contribution in [0, 0.1) is 0 Å². The second-order valence-corrected chi connectivity index (χ2v) is 3.55. The molecule has 0 fully saturated rings. The van der Waals surface area contributed by atoms with Gasteiger partial charge in [0, 0.05) is 14.1 Å². The molecule has 0 unspecified atom stereocenters. The minimum Gasteiger partial charge on any atom is -0.384 e. The molecule has 0 aromatic heterocycles. The predicted molar refractivity (Wildman–Crippen MR) is 56.2 cm³/mol. The maximum absolute atomic E-state index is 2.26. The average molecular weight is 169 g/mol. The first-order valence-corrected chi connectivity index (χ1v) is 5.10. The highest BCUT2D eigenvalue weighted by Gasteiger charge is 1.86. The van der Waals surface area contributed by atoms with Crippen molar-refractivity contribution in [3.8, 4) is 0 Å². The molecule has 1 heteroatoms. The van der Waals surface area contributed by atoms with Crippen molar-refractivity contribution < 1.29 is 0 Å². The summed E-state index contributed by atoms with van der Waals surface area (Å²) in [6.45, 7) is 2.26. The summed E-state index contributed by atoms with van der Waals surface area (Å²) in [6.07, 6.45) is 12.5. The van der Waals surface area contributed by atoms with Gasteiger partial charge >= 0.3 is 0 Å². The van der Waals surface area contributed by atoms with Gasteiger partial charge in [0.25, 0.3) is 0 Å². The number of rotatable bonds is 7. The summed E-state index contributed by atoms with van der Waals surface area (Å²) in [5.41, 5.74) is 0. The molecule has 0 atom stereocenters. The Bertz CT molecular complexity index is 106. The van der Waals surface area contributed by atoms with Crippen LogP contribution in [0.4, 0.5) is 0 Å². The molecular weight excluding hydrogens is 146 g/mol. The molecule has 1 nitrogen and oxygen atoms in total. The number of allylic oxidation sites excluding steroid dienone is 1. The van der Waals surface area contributed by atoms with Gasteiger partial charge in [-0.15, -0.1) is 0 Å². The summed E-state index contributed by atoms with van der Waals surface area (Å²) in [4.78, 5) is 2.09. The SMILES string of the molecule is CCCCCCCC=CN(C)C. The monoisotopic (exact) mass is 169 g/mol. The molecule has 0 aromatic rings. The van der Waals surface area contributed by atoms with E-state index in [-0.39, 0.29) is 0 Å². The third kappa shape index (κ3) is 9.54. The summed E-state index contributed by atoms with van der Waals surface area (Å²) in [5.74, 6) is 0. The molecule has 0 heterocycles. The number of hydrogen-bond donors (Lipinski definition) is 0. The first kappa shape index (κ1) is 11.5. The van der Waals surface area contributed by atoms with E-state index in [2.05, 4.69) is 38.2 Å². The van der Waals surface area contributed by atoms with Crippen LogP contribution in [-0.2, 0) is 0 Å². The van der Waals surface area contributed by atoms with Crippen molar-refractivity contribution in [3.05, 3.63) is 12.3 Å². The van der Waals surface area contributed by atoms with Crippen LogP contribution >= 0.6 is 0 Å². The fourth-order valence-corrected chi connectivity index (χ4v) is 1.15. The van der Waals surface area contributed by atoms with Crippen molar-refractivity contribution >= 4 is 0 Å². The van der Waals surface area contributed by atoms with Crippen LogP contribution < -0.4 is 0 Å². The second-order valence-electron chi connectivity index (χ2n) is 3.55. The Kier molecular flexibility index (Phi) is 8.30. The van der Waals surface area contributed by atoms with Crippen LogP contribution in [0.2, 0.25) is 0 Å². The molecular formula is C11H23N. The van der Waals surface area contributed by atoms with Gasteiger partial charge in [0.2, 0.25) is 0 Å². The van der Waals surface area contributed by atoms with Gasteiger partial charge in [-0.3, -0.25) is 0 Å². The molecule has 0 aliphatic rings. The third-order valence-corrected chi connectivity index (χ3v) is 1.88. The molecule has 0 N–H and O–H groups in total. The third-order valence-electron chi connectivity index (χ3n) is 1.88. The van der Waals surface area contributed by atoms with Crippen LogP contribution in [0.1, 0.15) is 45.4 Å². The Labute approximate surface area is 77.5 Å². The minimum absolute atomic E-state index is 1.24. The quantitative estimate of drug-likeness (QED) is 0.528. The fourth-order valence-electron chi connectivity index (χ4n) is 1.15. The van der Waals surface area contributed by atoms with Crippen LogP contribution in [0.3, 0.4) is 0 Å². The molecule has 0 aliphatic heterocycles. The van der Waals surface area contributed by atoms with Crippen LogP contribution in [-0.4, -0.2) is 19.0 Å². The Balaban J connectivity index is 3.00. The summed E-state index contributed by atoms with van der Waals surface area (Å²) in [7, 11) is 4.13. The minimum atomic E-state index is 1.24. The lowest BCUT2D eigenvalue weighted by Crippen LogP contribution is -1.99. The molecule has 0 amide bonds. The van der Waals surface area contributed by atoms with Crippen molar-refractivity contribution in [3.63, 3.8) is 0 Å². The summed E-state index contributed by atoms with van der Waals surface area (Å²) in [5, 5.41) is 0. The first-order valence-electron chi connectivity index (χ1n) is 5.10. The van der Waals surface area contributed by atoms with Crippen LogP contribution in [0.25, 0.3) is 0 Å². The standard InChI is InChI=1S/C11H23N/c1-4-5-6-7-8-9-10-11-12(2)3/h10-11H,4-9H2,1-3H3. The zero-order valence-corrected chi connectivity index (χ0v) is 8.84. The molecule has 0 aliphatic carbocycles. The maximum Gasteiger partial charge on any atom is 0.00555 e. The summed E-state index contributed by atoms with van der Waals surface area (Å²) >= 11 is 0. The largest absolute Gasteiger partial charge is 0.384 e. The summed E-state index contributed by atoms with van der Waals surface area (Å²) < 4.78 is 0. The van der Waals surface area contributed by atoms with E-state index in [1.807, 2.05) is 0 Å². The molecule has 72 valence electrons. The zero-order chi connectivity index (χ0) is 9.23. The molecule has 0 saturated heterocycles. The van der Waals surface area contributed by atoms with Crippen molar-refractivity contribution in [2.24, 2.45) is 0 Å². The highest BCUT2D eigenvalue weighted by molar-refractivity contribution is 4.78. The van der Waals surface area contributed by atoms with E-state index in [9.17, 15) is 0 Å². The Morgan fingerprint density at radius 3 is 2.25 bits per heavy atom. The molecule has 0 spiro atoms. The average Bonchev–Trinajstić information content (AvgIpc) is 2.02. The van der Waals surface area contributed by atoms with Crippen molar-refractivity contribution in [2.75, 3.05) is 14.1 Å². The first-order chi connectivity index (χ1) is 5.77. The second kappa shape index (κ2) is 8.63. The highest BCUT2D eigenvalue weighted by Crippen LogP contribution is 2.05. The van der Waals surface area contributed by atoms with Gasteiger partial charge in [-0.2, -0.15) is 0 Å². The maximum atomic E-state index is 2.26. The van der Waals surface area contributed by atoms with Gasteiger partial charge in [0.15, 0.2) is 0 Å². The lowest BCUT2D eigenvalue weighted by molar-refractivity contribution is 0.558. The van der Waals surface area contributed by atoms with Crippen LogP contribution in [0.15, 0.2) is 12.3 Å². The number of unbranched alkanes of at least 4 members (excludes halogenated alkanes) is 5. The van der Waals surface area contributed by atoms with E-state index in [1.165, 1.54) is 38.5 Å². The molecule has 0 aromatic carbocycles. The van der Waals surface area contributed by atoms with Crippen molar-refractivity contribution in [1.82, 2.24) is 4.90 Å². The number of nitrogens with zero attached hydrogens (tertiary/aromatic N) is 1. The Morgan fingerprint density at radius 1 is 1.00 bits per heavy atom. The van der Waals surface area contributed by atoms with E-state index < -0.39 is 0 Å². The normalized spacial score (nSPS) is 10.9. The smallest absolute Gasteiger partial charge is 0.00555 e. The molecule has 0 saturated carbocycles. The lowest BCUT2D eigenvalue weighted by atomic mass is 10.1. The van der Waals surface area contributed by atoms with E-state index in [4.69, 9.17) is 0 Å². The Hall–Kier alpha value is -0.460. The van der Waals surface area contributed by atoms with E-state index >= 15 is 0 Å². The molecule has 0 radical (unpaired) electrons. The highest BCUT2D eigenvalue weighted by atomic mass is 15.0. The summed E-state index contributed by atoms with van der Waals surface area (Å²) in [6, 6.07) is 0. The van der Waals surface area contributed by atoms with Crippen molar-refractivity contribution in [1.29, 1.82) is 0 Å². The van der Waals surface area contributed by atoms with Gasteiger partial charge in [-0.05, 0) is 19.0 Å². The van der Waals surface area contributed by atoms with Gasteiger partial charge in [0.1, 0.15) is 0 Å². The Morgan fingerprint density at radius 2 is 1.67 bits per heavy atom. The van der Waals surface area contributed by atoms with Gasteiger partial charge in [0.05, 0.1) is 0 Å². The zero-order valence-electron chi connectivity index (χ0n) is 8.84. The number of hydrogen-bond acceptors (Lipinski definition) is 1.